The number of ether oxygens (including phenoxy) is 2. The van der Waals surface area contributed by atoms with Gasteiger partial charge in [-0.05, 0) is 38.1 Å². The van der Waals surface area contributed by atoms with Crippen LogP contribution in [0.15, 0.2) is 24.3 Å². The van der Waals surface area contributed by atoms with Gasteiger partial charge in [0.15, 0.2) is 0 Å². The molecule has 0 spiro atoms. The molecular formula is C15H24ClNO2. The van der Waals surface area contributed by atoms with Crippen molar-refractivity contribution >= 4 is 11.6 Å². The summed E-state index contributed by atoms with van der Waals surface area (Å²) in [6, 6.07) is 7.81. The number of hydrogen-bond acceptors (Lipinski definition) is 3. The van der Waals surface area contributed by atoms with Gasteiger partial charge in [-0.25, -0.2) is 0 Å². The van der Waals surface area contributed by atoms with Crippen molar-refractivity contribution in [2.45, 2.75) is 33.0 Å². The van der Waals surface area contributed by atoms with Crippen molar-refractivity contribution < 1.29 is 9.47 Å². The number of nitrogens with one attached hydrogen (secondary N) is 1. The summed E-state index contributed by atoms with van der Waals surface area (Å²) in [7, 11) is 0. The number of rotatable bonds is 9. The van der Waals surface area contributed by atoms with E-state index in [2.05, 4.69) is 12.2 Å². The molecule has 0 aromatic heterocycles. The molecule has 3 nitrogen and oxygen atoms in total. The van der Waals surface area contributed by atoms with Crippen LogP contribution in [0.25, 0.3) is 0 Å². The van der Waals surface area contributed by atoms with Gasteiger partial charge in [0.1, 0.15) is 0 Å². The molecule has 0 fully saturated rings. The Morgan fingerprint density at radius 2 is 1.95 bits per heavy atom. The molecule has 0 bridgehead atoms. The number of benzene rings is 1. The normalized spacial score (nSPS) is 12.9. The van der Waals surface area contributed by atoms with Gasteiger partial charge in [0.2, 0.25) is 0 Å². The molecule has 1 unspecified atom stereocenters. The first-order valence-corrected chi connectivity index (χ1v) is 7.20. The van der Waals surface area contributed by atoms with Gasteiger partial charge in [0, 0.05) is 11.6 Å². The van der Waals surface area contributed by atoms with Gasteiger partial charge in [-0.15, -0.1) is 0 Å². The first kappa shape index (κ1) is 16.4. The smallest absolute Gasteiger partial charge is 0.0950 e. The van der Waals surface area contributed by atoms with Crippen molar-refractivity contribution in [3.8, 4) is 0 Å². The molecule has 0 aliphatic carbocycles. The standard InChI is InChI=1S/C15H24ClNO2/c1-4-17-11-15(19-9-8-18-12(2)3)13-6-5-7-14(16)10-13/h5-7,10,12,15,17H,4,8-9,11H2,1-3H3. The van der Waals surface area contributed by atoms with Gasteiger partial charge in [-0.3, -0.25) is 0 Å². The second-order valence-corrected chi connectivity index (χ2v) is 5.08. The summed E-state index contributed by atoms with van der Waals surface area (Å²) in [6.45, 7) is 9.01. The van der Waals surface area contributed by atoms with Crippen LogP contribution in [0.5, 0.6) is 0 Å². The van der Waals surface area contributed by atoms with Crippen LogP contribution >= 0.6 is 11.6 Å². The molecule has 0 aliphatic rings. The summed E-state index contributed by atoms with van der Waals surface area (Å²) in [4.78, 5) is 0. The van der Waals surface area contributed by atoms with E-state index in [1.807, 2.05) is 38.1 Å². The fraction of sp³-hybridized carbons (Fsp3) is 0.600. The average Bonchev–Trinajstić information content (AvgIpc) is 2.37. The van der Waals surface area contributed by atoms with E-state index in [-0.39, 0.29) is 12.2 Å². The topological polar surface area (TPSA) is 30.5 Å². The maximum absolute atomic E-state index is 6.03. The van der Waals surface area contributed by atoms with Gasteiger partial charge in [-0.2, -0.15) is 0 Å². The van der Waals surface area contributed by atoms with Crippen LogP contribution in [0, 0.1) is 0 Å². The first-order valence-electron chi connectivity index (χ1n) is 6.82. The van der Waals surface area contributed by atoms with Crippen LogP contribution in [0.1, 0.15) is 32.4 Å². The lowest BCUT2D eigenvalue weighted by molar-refractivity contribution is -0.0128. The Bertz CT molecular complexity index is 358. The minimum absolute atomic E-state index is 0.00872. The van der Waals surface area contributed by atoms with Crippen molar-refractivity contribution in [2.24, 2.45) is 0 Å². The minimum atomic E-state index is 0.00872. The summed E-state index contributed by atoms with van der Waals surface area (Å²) in [5, 5.41) is 4.04. The van der Waals surface area contributed by atoms with Crippen LogP contribution < -0.4 is 5.32 Å². The summed E-state index contributed by atoms with van der Waals surface area (Å²) >= 11 is 6.03. The van der Waals surface area contributed by atoms with E-state index in [9.17, 15) is 0 Å². The van der Waals surface area contributed by atoms with Gasteiger partial charge in [-0.1, -0.05) is 30.7 Å². The Balaban J connectivity index is 2.51. The van der Waals surface area contributed by atoms with Crippen LogP contribution in [0.4, 0.5) is 0 Å². The monoisotopic (exact) mass is 285 g/mol. The second-order valence-electron chi connectivity index (χ2n) is 4.64. The largest absolute Gasteiger partial charge is 0.376 e. The molecule has 0 saturated heterocycles. The fourth-order valence-electron chi connectivity index (χ4n) is 1.73. The SMILES string of the molecule is CCNCC(OCCOC(C)C)c1cccc(Cl)c1. The van der Waals surface area contributed by atoms with E-state index in [1.165, 1.54) is 0 Å². The fourth-order valence-corrected chi connectivity index (χ4v) is 1.93. The summed E-state index contributed by atoms with van der Waals surface area (Å²) < 4.78 is 11.4. The van der Waals surface area contributed by atoms with Crippen molar-refractivity contribution in [3.63, 3.8) is 0 Å². The third-order valence-corrected chi connectivity index (χ3v) is 2.89. The van der Waals surface area contributed by atoms with E-state index in [1.54, 1.807) is 0 Å². The molecular weight excluding hydrogens is 262 g/mol. The van der Waals surface area contributed by atoms with Gasteiger partial charge < -0.3 is 14.8 Å². The minimum Gasteiger partial charge on any atom is -0.376 e. The van der Waals surface area contributed by atoms with Crippen LogP contribution in [-0.4, -0.2) is 32.4 Å². The lowest BCUT2D eigenvalue weighted by atomic mass is 10.1. The predicted molar refractivity (Wildman–Crippen MR) is 79.8 cm³/mol. The zero-order valence-electron chi connectivity index (χ0n) is 12.0. The predicted octanol–water partition coefficient (Wildman–Crippen LogP) is 3.43. The van der Waals surface area contributed by atoms with E-state index < -0.39 is 0 Å². The maximum atomic E-state index is 6.03. The Morgan fingerprint density at radius 1 is 1.21 bits per heavy atom. The lowest BCUT2D eigenvalue weighted by Crippen LogP contribution is -2.24. The molecule has 1 aromatic rings. The molecule has 4 heteroatoms. The third kappa shape index (κ3) is 6.92. The zero-order valence-corrected chi connectivity index (χ0v) is 12.7. The maximum Gasteiger partial charge on any atom is 0.0950 e. The highest BCUT2D eigenvalue weighted by Gasteiger charge is 2.12. The quantitative estimate of drug-likeness (QED) is 0.705. The summed E-state index contributed by atoms with van der Waals surface area (Å²) in [6.07, 6.45) is 0.247. The molecule has 19 heavy (non-hydrogen) atoms. The second kappa shape index (κ2) is 9.32. The number of likely N-dealkylation sites (N-methyl/N-ethyl adjacent to an activating group) is 1. The van der Waals surface area contributed by atoms with E-state index in [4.69, 9.17) is 21.1 Å². The van der Waals surface area contributed by atoms with Gasteiger partial charge >= 0.3 is 0 Å². The Kier molecular flexibility index (Phi) is 8.07. The van der Waals surface area contributed by atoms with E-state index in [0.29, 0.717) is 13.2 Å². The Labute approximate surface area is 121 Å². The molecule has 0 amide bonds. The van der Waals surface area contributed by atoms with Crippen LogP contribution in [-0.2, 0) is 9.47 Å². The molecule has 1 N–H and O–H groups in total. The van der Waals surface area contributed by atoms with Crippen LogP contribution in [0.2, 0.25) is 5.02 Å². The van der Waals surface area contributed by atoms with Crippen molar-refractivity contribution in [3.05, 3.63) is 34.9 Å². The summed E-state index contributed by atoms with van der Waals surface area (Å²) in [5.74, 6) is 0. The highest BCUT2D eigenvalue weighted by atomic mass is 35.5. The highest BCUT2D eigenvalue weighted by Crippen LogP contribution is 2.20. The molecule has 0 saturated carbocycles. The first-order chi connectivity index (χ1) is 9.13. The summed E-state index contributed by atoms with van der Waals surface area (Å²) in [5.41, 5.74) is 1.10. The molecule has 1 rings (SSSR count). The van der Waals surface area contributed by atoms with Gasteiger partial charge in [0.25, 0.3) is 0 Å². The number of hydrogen-bond donors (Lipinski definition) is 1. The molecule has 1 aromatic carbocycles. The van der Waals surface area contributed by atoms with Crippen molar-refractivity contribution in [1.82, 2.24) is 5.32 Å². The molecule has 108 valence electrons. The van der Waals surface area contributed by atoms with E-state index in [0.717, 1.165) is 23.7 Å². The molecule has 0 aliphatic heterocycles. The molecule has 0 radical (unpaired) electrons. The lowest BCUT2D eigenvalue weighted by Gasteiger charge is -2.19. The Hall–Kier alpha value is -0.610. The average molecular weight is 286 g/mol. The van der Waals surface area contributed by atoms with E-state index >= 15 is 0 Å². The molecule has 1 atom stereocenters. The zero-order chi connectivity index (χ0) is 14.1. The van der Waals surface area contributed by atoms with Crippen molar-refractivity contribution in [1.29, 1.82) is 0 Å². The highest BCUT2D eigenvalue weighted by molar-refractivity contribution is 6.30. The molecule has 0 heterocycles. The van der Waals surface area contributed by atoms with Gasteiger partial charge in [0.05, 0.1) is 25.4 Å². The third-order valence-electron chi connectivity index (χ3n) is 2.65. The van der Waals surface area contributed by atoms with Crippen LogP contribution in [0.3, 0.4) is 0 Å². The number of halogens is 1. The van der Waals surface area contributed by atoms with Crippen molar-refractivity contribution in [2.75, 3.05) is 26.3 Å². The Morgan fingerprint density at radius 3 is 2.58 bits per heavy atom.